The number of alkyl carbamates (subject to hydrolysis) is 1. The molecule has 1 amide bonds. The van der Waals surface area contributed by atoms with Gasteiger partial charge >= 0.3 is 18.4 Å². The van der Waals surface area contributed by atoms with E-state index in [4.69, 9.17) is 4.74 Å². The molecule has 2 N–H and O–H groups in total. The molecule has 1 atom stereocenters. The number of carbonyl (C=O) groups is 2. The van der Waals surface area contributed by atoms with Crippen molar-refractivity contribution in [2.75, 3.05) is 0 Å². The van der Waals surface area contributed by atoms with Gasteiger partial charge in [-0.05, 0) is 26.8 Å². The van der Waals surface area contributed by atoms with Gasteiger partial charge in [0, 0.05) is 5.56 Å². The molecule has 0 spiro atoms. The number of carboxylic acids is 1. The number of nitrogens with one attached hydrogen (secondary N) is 1. The summed E-state index contributed by atoms with van der Waals surface area (Å²) in [6.45, 7) is 4.68. The second-order valence-electron chi connectivity index (χ2n) is 5.50. The monoisotopic (exact) mass is 335 g/mol. The molecule has 0 aliphatic carbocycles. The molecule has 0 heterocycles. The second kappa shape index (κ2) is 6.76. The zero-order valence-electron chi connectivity index (χ0n) is 12.6. The van der Waals surface area contributed by atoms with Crippen molar-refractivity contribution in [3.05, 3.63) is 29.8 Å². The summed E-state index contributed by atoms with van der Waals surface area (Å²) < 4.78 is 45.9. The lowest BCUT2D eigenvalue weighted by molar-refractivity contribution is -0.275. The quantitative estimate of drug-likeness (QED) is 0.882. The molecular weight excluding hydrogens is 319 g/mol. The number of hydrogen-bond donors (Lipinski definition) is 2. The Bertz CT molecular complexity index is 581. The number of halogens is 3. The van der Waals surface area contributed by atoms with Gasteiger partial charge in [0.1, 0.15) is 11.4 Å². The van der Waals surface area contributed by atoms with E-state index < -0.39 is 35.8 Å². The molecule has 128 valence electrons. The Balaban J connectivity index is 3.07. The topological polar surface area (TPSA) is 84.9 Å². The fourth-order valence-corrected chi connectivity index (χ4v) is 1.63. The van der Waals surface area contributed by atoms with Crippen molar-refractivity contribution >= 4 is 12.1 Å². The third kappa shape index (κ3) is 6.45. The van der Waals surface area contributed by atoms with Crippen LogP contribution in [0, 0.1) is 0 Å². The average molecular weight is 335 g/mol. The van der Waals surface area contributed by atoms with E-state index in [1.165, 1.54) is 12.1 Å². The Morgan fingerprint density at radius 2 is 1.74 bits per heavy atom. The predicted molar refractivity (Wildman–Crippen MR) is 72.9 cm³/mol. The lowest BCUT2D eigenvalue weighted by Gasteiger charge is -2.23. The highest BCUT2D eigenvalue weighted by Crippen LogP contribution is 2.30. The maximum absolute atomic E-state index is 12.4. The van der Waals surface area contributed by atoms with Crippen LogP contribution in [0.5, 0.6) is 5.75 Å². The summed E-state index contributed by atoms with van der Waals surface area (Å²) in [7, 11) is 0. The Kier molecular flexibility index (Phi) is 5.46. The fourth-order valence-electron chi connectivity index (χ4n) is 1.63. The number of benzene rings is 1. The lowest BCUT2D eigenvalue weighted by atomic mass is 10.1. The van der Waals surface area contributed by atoms with E-state index in [1.54, 1.807) is 20.8 Å². The van der Waals surface area contributed by atoms with Crippen molar-refractivity contribution in [3.8, 4) is 5.75 Å². The summed E-state index contributed by atoms with van der Waals surface area (Å²) in [5, 5.41) is 11.2. The average Bonchev–Trinajstić information content (AvgIpc) is 2.32. The molecule has 23 heavy (non-hydrogen) atoms. The van der Waals surface area contributed by atoms with Crippen LogP contribution in [-0.2, 0) is 9.53 Å². The smallest absolute Gasteiger partial charge is 0.479 e. The van der Waals surface area contributed by atoms with E-state index in [9.17, 15) is 27.9 Å². The standard InChI is InChI=1S/C14H16F3NO5/c1-13(2,3)23-12(21)18-10(11(19)20)8-6-4-5-7-9(8)22-14(15,16)17/h4-7,10H,1-3H3,(H,18,21)(H,19,20)/t10-/m0/s1. The van der Waals surface area contributed by atoms with Crippen molar-refractivity contribution in [2.45, 2.75) is 38.8 Å². The molecule has 0 unspecified atom stereocenters. The van der Waals surface area contributed by atoms with Crippen molar-refractivity contribution < 1.29 is 37.3 Å². The highest BCUT2D eigenvalue weighted by atomic mass is 19.4. The Morgan fingerprint density at radius 3 is 2.22 bits per heavy atom. The first-order valence-electron chi connectivity index (χ1n) is 6.46. The number of alkyl halides is 3. The van der Waals surface area contributed by atoms with Crippen LogP contribution in [0.15, 0.2) is 24.3 Å². The van der Waals surface area contributed by atoms with E-state index in [1.807, 2.05) is 5.32 Å². The lowest BCUT2D eigenvalue weighted by Crippen LogP contribution is -2.38. The van der Waals surface area contributed by atoms with E-state index in [0.29, 0.717) is 0 Å². The van der Waals surface area contributed by atoms with Crippen LogP contribution < -0.4 is 10.1 Å². The minimum atomic E-state index is -4.99. The Hall–Kier alpha value is -2.45. The molecule has 6 nitrogen and oxygen atoms in total. The van der Waals surface area contributed by atoms with Crippen LogP contribution in [0.25, 0.3) is 0 Å². The molecule has 0 saturated carbocycles. The SMILES string of the molecule is CC(C)(C)OC(=O)N[C@H](C(=O)O)c1ccccc1OC(F)(F)F. The molecular formula is C14H16F3NO5. The van der Waals surface area contributed by atoms with Crippen molar-refractivity contribution in [2.24, 2.45) is 0 Å². The molecule has 0 aromatic heterocycles. The largest absolute Gasteiger partial charge is 0.573 e. The van der Waals surface area contributed by atoms with Crippen molar-refractivity contribution in [1.82, 2.24) is 5.32 Å². The molecule has 1 aromatic carbocycles. The van der Waals surface area contributed by atoms with Gasteiger partial charge in [-0.25, -0.2) is 9.59 Å². The zero-order valence-corrected chi connectivity index (χ0v) is 12.6. The van der Waals surface area contributed by atoms with E-state index in [0.717, 1.165) is 12.1 Å². The summed E-state index contributed by atoms with van der Waals surface area (Å²) in [5.41, 5.74) is -1.25. The van der Waals surface area contributed by atoms with E-state index in [2.05, 4.69) is 4.74 Å². The fraction of sp³-hybridized carbons (Fsp3) is 0.429. The minimum Gasteiger partial charge on any atom is -0.479 e. The zero-order chi connectivity index (χ0) is 17.8. The van der Waals surface area contributed by atoms with Gasteiger partial charge < -0.3 is 19.9 Å². The Morgan fingerprint density at radius 1 is 1.17 bits per heavy atom. The highest BCUT2D eigenvalue weighted by molar-refractivity contribution is 5.82. The number of aliphatic carboxylic acids is 1. The molecule has 0 fully saturated rings. The number of ether oxygens (including phenoxy) is 2. The second-order valence-corrected chi connectivity index (χ2v) is 5.50. The normalized spacial score (nSPS) is 13.1. The number of rotatable bonds is 4. The summed E-state index contributed by atoms with van der Waals surface area (Å²) in [4.78, 5) is 23.0. The van der Waals surface area contributed by atoms with Gasteiger partial charge in [0.15, 0.2) is 6.04 Å². The minimum absolute atomic E-state index is 0.358. The van der Waals surface area contributed by atoms with Gasteiger partial charge in [0.05, 0.1) is 0 Å². The first kappa shape index (κ1) is 18.6. The van der Waals surface area contributed by atoms with E-state index in [-0.39, 0.29) is 5.56 Å². The van der Waals surface area contributed by atoms with Crippen molar-refractivity contribution in [3.63, 3.8) is 0 Å². The van der Waals surface area contributed by atoms with Gasteiger partial charge in [-0.15, -0.1) is 13.2 Å². The summed E-state index contributed by atoms with van der Waals surface area (Å²) >= 11 is 0. The number of para-hydroxylation sites is 1. The number of carbonyl (C=O) groups excluding carboxylic acids is 1. The maximum Gasteiger partial charge on any atom is 0.573 e. The maximum atomic E-state index is 12.4. The molecule has 9 heteroatoms. The molecule has 1 rings (SSSR count). The molecule has 1 aromatic rings. The number of hydrogen-bond acceptors (Lipinski definition) is 4. The molecule has 0 aliphatic rings. The van der Waals surface area contributed by atoms with E-state index >= 15 is 0 Å². The van der Waals surface area contributed by atoms with Crippen LogP contribution in [0.4, 0.5) is 18.0 Å². The number of amides is 1. The van der Waals surface area contributed by atoms with Gasteiger partial charge in [0.25, 0.3) is 0 Å². The Labute approximate surface area is 130 Å². The highest BCUT2D eigenvalue weighted by Gasteiger charge is 2.35. The predicted octanol–water partition coefficient (Wildman–Crippen LogP) is 3.24. The third-order valence-corrected chi connectivity index (χ3v) is 2.36. The molecule has 0 radical (unpaired) electrons. The first-order valence-corrected chi connectivity index (χ1v) is 6.46. The van der Waals surface area contributed by atoms with Gasteiger partial charge in [-0.1, -0.05) is 18.2 Å². The summed E-state index contributed by atoms with van der Waals surface area (Å²) in [6.07, 6.45) is -6.07. The van der Waals surface area contributed by atoms with Gasteiger partial charge in [-0.3, -0.25) is 0 Å². The molecule has 0 bridgehead atoms. The van der Waals surface area contributed by atoms with Crippen LogP contribution in [0.1, 0.15) is 32.4 Å². The first-order chi connectivity index (χ1) is 10.4. The van der Waals surface area contributed by atoms with Crippen LogP contribution in [-0.4, -0.2) is 29.1 Å². The van der Waals surface area contributed by atoms with Crippen LogP contribution in [0.3, 0.4) is 0 Å². The van der Waals surface area contributed by atoms with Gasteiger partial charge in [0.2, 0.25) is 0 Å². The van der Waals surface area contributed by atoms with Gasteiger partial charge in [-0.2, -0.15) is 0 Å². The number of carboxylic acid groups (broad SMARTS) is 1. The van der Waals surface area contributed by atoms with Crippen molar-refractivity contribution in [1.29, 1.82) is 0 Å². The third-order valence-electron chi connectivity index (χ3n) is 2.36. The van der Waals surface area contributed by atoms with Crippen LogP contribution >= 0.6 is 0 Å². The summed E-state index contributed by atoms with van der Waals surface area (Å²) in [5.74, 6) is -2.28. The molecule has 0 aliphatic heterocycles. The molecule has 0 saturated heterocycles. The summed E-state index contributed by atoms with van der Waals surface area (Å²) in [6, 6.07) is 2.87. The van der Waals surface area contributed by atoms with Crippen LogP contribution in [0.2, 0.25) is 0 Å².